The summed E-state index contributed by atoms with van der Waals surface area (Å²) in [5, 5.41) is 0. The lowest BCUT2D eigenvalue weighted by atomic mass is 9.59. The Kier molecular flexibility index (Phi) is 2.38. The van der Waals surface area contributed by atoms with Gasteiger partial charge in [0, 0.05) is 12.8 Å². The molecule has 0 atom stereocenters. The SMILES string of the molecule is [C-]#[N+]C[C@]1(C(C)C)C[C@@H]([N+]#[C-])C1. The predicted molar refractivity (Wildman–Crippen MR) is 48.4 cm³/mol. The van der Waals surface area contributed by atoms with E-state index in [9.17, 15) is 0 Å². The van der Waals surface area contributed by atoms with Crippen molar-refractivity contribution in [2.24, 2.45) is 11.3 Å². The summed E-state index contributed by atoms with van der Waals surface area (Å²) in [7, 11) is 0. The summed E-state index contributed by atoms with van der Waals surface area (Å²) >= 11 is 0. The molecular formula is C10H14N2. The Balaban J connectivity index is 2.58. The van der Waals surface area contributed by atoms with E-state index in [4.69, 9.17) is 13.1 Å². The van der Waals surface area contributed by atoms with Gasteiger partial charge in [0.15, 0.2) is 0 Å². The summed E-state index contributed by atoms with van der Waals surface area (Å²) < 4.78 is 0. The van der Waals surface area contributed by atoms with Crippen LogP contribution in [0.4, 0.5) is 0 Å². The third kappa shape index (κ3) is 1.30. The molecule has 12 heavy (non-hydrogen) atoms. The van der Waals surface area contributed by atoms with Crippen LogP contribution < -0.4 is 0 Å². The molecular weight excluding hydrogens is 148 g/mol. The molecule has 0 spiro atoms. The highest BCUT2D eigenvalue weighted by Crippen LogP contribution is 2.48. The molecule has 0 aromatic carbocycles. The van der Waals surface area contributed by atoms with Gasteiger partial charge < -0.3 is 9.69 Å². The molecule has 0 amide bonds. The Morgan fingerprint density at radius 1 is 1.42 bits per heavy atom. The highest BCUT2D eigenvalue weighted by molar-refractivity contribution is 5.06. The van der Waals surface area contributed by atoms with Crippen LogP contribution >= 0.6 is 0 Å². The summed E-state index contributed by atoms with van der Waals surface area (Å²) in [6.45, 7) is 18.6. The van der Waals surface area contributed by atoms with Crippen molar-refractivity contribution in [3.8, 4) is 0 Å². The maximum absolute atomic E-state index is 6.86. The number of nitrogens with zero attached hydrogens (tertiary/aromatic N) is 2. The fraction of sp³-hybridized carbons (Fsp3) is 0.800. The van der Waals surface area contributed by atoms with Crippen molar-refractivity contribution in [3.05, 3.63) is 22.8 Å². The number of rotatable bonds is 2. The molecule has 0 saturated heterocycles. The van der Waals surface area contributed by atoms with Crippen molar-refractivity contribution in [2.45, 2.75) is 32.7 Å². The molecule has 1 saturated carbocycles. The Bertz CT molecular complexity index is 236. The highest BCUT2D eigenvalue weighted by Gasteiger charge is 2.53. The molecule has 1 aliphatic rings. The first-order valence-corrected chi connectivity index (χ1v) is 4.34. The molecule has 64 valence electrons. The van der Waals surface area contributed by atoms with Crippen molar-refractivity contribution in [1.29, 1.82) is 0 Å². The average Bonchev–Trinajstić information content (AvgIpc) is 1.95. The number of hydrogen-bond donors (Lipinski definition) is 0. The topological polar surface area (TPSA) is 8.72 Å². The molecule has 2 nitrogen and oxygen atoms in total. The van der Waals surface area contributed by atoms with Gasteiger partial charge in [-0.25, -0.2) is 13.1 Å². The van der Waals surface area contributed by atoms with Crippen LogP contribution in [0.2, 0.25) is 0 Å². The molecule has 0 heterocycles. The third-order valence-electron chi connectivity index (χ3n) is 3.09. The van der Waals surface area contributed by atoms with Gasteiger partial charge >= 0.3 is 0 Å². The molecule has 0 aromatic heterocycles. The Morgan fingerprint density at radius 2 is 2.00 bits per heavy atom. The van der Waals surface area contributed by atoms with Gasteiger partial charge in [-0.05, 0) is 5.92 Å². The van der Waals surface area contributed by atoms with Crippen LogP contribution in [0.1, 0.15) is 26.7 Å². The minimum absolute atomic E-state index is 0.178. The minimum atomic E-state index is 0.178. The first kappa shape index (κ1) is 9.07. The smallest absolute Gasteiger partial charge is 0.225 e. The molecule has 1 rings (SSSR count). The minimum Gasteiger partial charge on any atom is -0.316 e. The van der Waals surface area contributed by atoms with Gasteiger partial charge in [0.2, 0.25) is 12.6 Å². The van der Waals surface area contributed by atoms with E-state index in [0.29, 0.717) is 12.5 Å². The molecule has 0 unspecified atom stereocenters. The van der Waals surface area contributed by atoms with Gasteiger partial charge in [-0.3, -0.25) is 0 Å². The second-order valence-electron chi connectivity index (χ2n) is 4.02. The van der Waals surface area contributed by atoms with E-state index in [1.165, 1.54) is 0 Å². The van der Waals surface area contributed by atoms with Gasteiger partial charge in [0.1, 0.15) is 0 Å². The van der Waals surface area contributed by atoms with Gasteiger partial charge in [-0.2, -0.15) is 0 Å². The fourth-order valence-electron chi connectivity index (χ4n) is 1.91. The summed E-state index contributed by atoms with van der Waals surface area (Å²) in [5.74, 6) is 0.546. The van der Waals surface area contributed by atoms with Crippen LogP contribution in [-0.4, -0.2) is 12.6 Å². The van der Waals surface area contributed by atoms with E-state index in [0.717, 1.165) is 12.8 Å². The van der Waals surface area contributed by atoms with E-state index in [1.807, 2.05) is 0 Å². The lowest BCUT2D eigenvalue weighted by molar-refractivity contribution is 0.0807. The Hall–Kier alpha value is -1.02. The lowest BCUT2D eigenvalue weighted by Crippen LogP contribution is -2.45. The normalized spacial score (nSPS) is 33.6. The zero-order valence-corrected chi connectivity index (χ0v) is 7.67. The van der Waals surface area contributed by atoms with Gasteiger partial charge in [-0.15, -0.1) is 0 Å². The standard InChI is InChI=1S/C10H14N2/c1-8(2)10(7-11-3)5-9(6-10)12-4/h8-9H,5-7H2,1-2H3/t9-,10+. The summed E-state index contributed by atoms with van der Waals surface area (Å²) in [6.07, 6.45) is 1.88. The third-order valence-corrected chi connectivity index (χ3v) is 3.09. The van der Waals surface area contributed by atoms with E-state index >= 15 is 0 Å². The van der Waals surface area contributed by atoms with Crippen molar-refractivity contribution in [2.75, 3.05) is 6.54 Å². The predicted octanol–water partition coefficient (Wildman–Crippen LogP) is 2.63. The first-order valence-electron chi connectivity index (χ1n) is 4.34. The molecule has 0 radical (unpaired) electrons. The quantitative estimate of drug-likeness (QED) is 0.552. The van der Waals surface area contributed by atoms with Crippen LogP contribution in [0, 0.1) is 24.5 Å². The highest BCUT2D eigenvalue weighted by atomic mass is 14.8. The molecule has 0 bridgehead atoms. The number of hydrogen-bond acceptors (Lipinski definition) is 0. The van der Waals surface area contributed by atoms with Gasteiger partial charge in [0.25, 0.3) is 0 Å². The van der Waals surface area contributed by atoms with Gasteiger partial charge in [-0.1, -0.05) is 13.8 Å². The van der Waals surface area contributed by atoms with Crippen molar-refractivity contribution in [1.82, 2.24) is 0 Å². The average molecular weight is 162 g/mol. The van der Waals surface area contributed by atoms with E-state index < -0.39 is 0 Å². The van der Waals surface area contributed by atoms with Crippen molar-refractivity contribution in [3.63, 3.8) is 0 Å². The summed E-state index contributed by atoms with van der Waals surface area (Å²) in [5.41, 5.74) is 0.178. The monoisotopic (exact) mass is 162 g/mol. The first-order chi connectivity index (χ1) is 5.64. The van der Waals surface area contributed by atoms with Gasteiger partial charge in [0.05, 0.1) is 5.41 Å². The largest absolute Gasteiger partial charge is 0.316 e. The zero-order chi connectivity index (χ0) is 9.19. The van der Waals surface area contributed by atoms with Crippen LogP contribution in [0.5, 0.6) is 0 Å². The van der Waals surface area contributed by atoms with E-state index in [1.54, 1.807) is 0 Å². The van der Waals surface area contributed by atoms with Crippen molar-refractivity contribution < 1.29 is 0 Å². The van der Waals surface area contributed by atoms with E-state index in [-0.39, 0.29) is 11.5 Å². The molecule has 2 heteroatoms. The Labute approximate surface area is 74.2 Å². The lowest BCUT2D eigenvalue weighted by Gasteiger charge is -2.41. The maximum atomic E-state index is 6.86. The maximum Gasteiger partial charge on any atom is 0.225 e. The van der Waals surface area contributed by atoms with Crippen LogP contribution in [0.25, 0.3) is 9.69 Å². The summed E-state index contributed by atoms with van der Waals surface area (Å²) in [6, 6.07) is 0.203. The Morgan fingerprint density at radius 3 is 2.33 bits per heavy atom. The second-order valence-corrected chi connectivity index (χ2v) is 4.02. The molecule has 1 fully saturated rings. The summed E-state index contributed by atoms with van der Waals surface area (Å²) in [4.78, 5) is 6.97. The molecule has 0 N–H and O–H groups in total. The van der Waals surface area contributed by atoms with Crippen molar-refractivity contribution >= 4 is 0 Å². The van der Waals surface area contributed by atoms with E-state index in [2.05, 4.69) is 23.5 Å². The molecule has 0 aliphatic heterocycles. The molecule has 0 aromatic rings. The molecule has 1 aliphatic carbocycles. The fourth-order valence-corrected chi connectivity index (χ4v) is 1.91. The zero-order valence-electron chi connectivity index (χ0n) is 7.67. The van der Waals surface area contributed by atoms with Crippen LogP contribution in [0.3, 0.4) is 0 Å². The van der Waals surface area contributed by atoms with Crippen LogP contribution in [0.15, 0.2) is 0 Å². The van der Waals surface area contributed by atoms with Crippen LogP contribution in [-0.2, 0) is 0 Å². The second kappa shape index (κ2) is 3.15.